The van der Waals surface area contributed by atoms with Crippen molar-refractivity contribution in [3.63, 3.8) is 0 Å². The van der Waals surface area contributed by atoms with Gasteiger partial charge < -0.3 is 30.5 Å². The van der Waals surface area contributed by atoms with Gasteiger partial charge in [-0.1, -0.05) is 24.3 Å². The van der Waals surface area contributed by atoms with E-state index in [2.05, 4.69) is 40.8 Å². The molecule has 55 heavy (non-hydrogen) atoms. The van der Waals surface area contributed by atoms with Crippen molar-refractivity contribution >= 4 is 36.0 Å². The molecule has 2 fully saturated rings. The number of aromatic amines is 1. The zero-order chi connectivity index (χ0) is 39.4. The summed E-state index contributed by atoms with van der Waals surface area (Å²) in [6, 6.07) is 13.7. The summed E-state index contributed by atoms with van der Waals surface area (Å²) in [5.74, 6) is 0.134. The van der Waals surface area contributed by atoms with Crippen LogP contribution in [0.3, 0.4) is 0 Å². The van der Waals surface area contributed by atoms with E-state index in [1.54, 1.807) is 36.7 Å². The maximum atomic E-state index is 14.2. The normalized spacial score (nSPS) is 17.6. The molecule has 3 amide bonds. The van der Waals surface area contributed by atoms with Crippen LogP contribution < -0.4 is 20.9 Å². The lowest BCUT2D eigenvalue weighted by Crippen LogP contribution is -2.50. The maximum absolute atomic E-state index is 14.2. The van der Waals surface area contributed by atoms with Gasteiger partial charge in [-0.2, -0.15) is 5.21 Å². The number of anilines is 2. The molecule has 1 aliphatic carbocycles. The van der Waals surface area contributed by atoms with Crippen molar-refractivity contribution in [3.8, 4) is 22.5 Å². The van der Waals surface area contributed by atoms with Gasteiger partial charge in [0, 0.05) is 49.1 Å². The van der Waals surface area contributed by atoms with E-state index in [1.807, 2.05) is 45.0 Å². The van der Waals surface area contributed by atoms with E-state index in [0.29, 0.717) is 55.6 Å². The fraction of sp³-hybridized carbons (Fsp3) is 0.447. The number of imide groups is 1. The van der Waals surface area contributed by atoms with Crippen LogP contribution in [-0.4, -0.2) is 105 Å². The van der Waals surface area contributed by atoms with E-state index in [-0.39, 0.29) is 30.6 Å². The maximum Gasteiger partial charge on any atom is 0.407 e. The van der Waals surface area contributed by atoms with E-state index in [4.69, 9.17) is 25.1 Å². The molecule has 1 saturated carbocycles. The average molecular weight is 757 g/mol. The molecule has 0 spiro atoms. The first-order valence-electron chi connectivity index (χ1n) is 18.2. The average Bonchev–Trinajstić information content (AvgIpc) is 3.73. The van der Waals surface area contributed by atoms with E-state index in [0.717, 1.165) is 42.6 Å². The smallest absolute Gasteiger partial charge is 0.407 e. The van der Waals surface area contributed by atoms with E-state index in [9.17, 15) is 14.4 Å². The van der Waals surface area contributed by atoms with Crippen LogP contribution in [0.25, 0.3) is 22.5 Å². The molecular weight excluding hydrogens is 708 g/mol. The molecule has 17 nitrogen and oxygen atoms in total. The van der Waals surface area contributed by atoms with Crippen molar-refractivity contribution in [1.82, 2.24) is 35.9 Å². The highest BCUT2D eigenvalue weighted by Crippen LogP contribution is 2.32. The van der Waals surface area contributed by atoms with Crippen molar-refractivity contribution in [1.29, 1.82) is 0 Å². The monoisotopic (exact) mass is 756 g/mol. The van der Waals surface area contributed by atoms with Crippen LogP contribution in [-0.2, 0) is 30.3 Å². The summed E-state index contributed by atoms with van der Waals surface area (Å²) in [4.78, 5) is 61.2. The molecule has 2 aromatic heterocycles. The third-order valence-corrected chi connectivity index (χ3v) is 9.29. The molecule has 3 heterocycles. The van der Waals surface area contributed by atoms with Gasteiger partial charge in [0.15, 0.2) is 0 Å². The van der Waals surface area contributed by atoms with Crippen molar-refractivity contribution in [2.24, 2.45) is 17.6 Å². The first kappa shape index (κ1) is 40.4. The Morgan fingerprint density at radius 1 is 1.00 bits per heavy atom. The number of hydrogen-bond donors (Lipinski definition) is 4. The Morgan fingerprint density at radius 3 is 2.20 bits per heavy atom. The molecule has 4 aromatic rings. The summed E-state index contributed by atoms with van der Waals surface area (Å²) >= 11 is 0. The number of hydrogen-bond acceptors (Lipinski definition) is 13. The topological polar surface area (TPSA) is 232 Å². The second kappa shape index (κ2) is 19.0. The predicted octanol–water partition coefficient (Wildman–Crippen LogP) is 3.62. The highest BCUT2D eigenvalue weighted by molar-refractivity contribution is 6.17. The van der Waals surface area contributed by atoms with Gasteiger partial charge >= 0.3 is 6.09 Å². The number of benzene rings is 2. The standard InChI is InChI=1S/C37H46N10O5.CH2O2/c1-37(2,3)52-36(50)41-21-25-6-10-28(11-7-25)33(48)47(30-14-12-27(13-15-30)32-42-44-45-43-32)34(49)31(38)20-24-4-8-26(9-5-24)29-22-39-35(40-23-29)46-16-18-51-19-17-46;2-1-3/h4-5,8-9,12-15,22-23,25,28,31H,6-7,10-11,16-21,38H2,1-3H3,(H,41,50)(H,42,43,44,45);1H,(H,2,3)/t25?,28?,31-;/m0./s1. The third kappa shape index (κ3) is 11.3. The summed E-state index contributed by atoms with van der Waals surface area (Å²) in [5, 5.41) is 23.8. The lowest BCUT2D eigenvalue weighted by molar-refractivity contribution is -0.130. The minimum Gasteiger partial charge on any atom is -0.483 e. The third-order valence-electron chi connectivity index (χ3n) is 9.29. The van der Waals surface area contributed by atoms with Crippen LogP contribution in [0.15, 0.2) is 60.9 Å². The van der Waals surface area contributed by atoms with Crippen LogP contribution >= 0.6 is 0 Å². The second-order valence-electron chi connectivity index (χ2n) is 14.4. The fourth-order valence-corrected chi connectivity index (χ4v) is 6.48. The first-order chi connectivity index (χ1) is 26.5. The number of nitrogens with two attached hydrogens (primary N) is 1. The zero-order valence-electron chi connectivity index (χ0n) is 31.3. The lowest BCUT2D eigenvalue weighted by atomic mass is 9.81. The Balaban J connectivity index is 0.00000187. The molecule has 2 aliphatic rings. The number of aromatic nitrogens is 6. The Morgan fingerprint density at radius 2 is 1.62 bits per heavy atom. The number of carboxylic acid groups (broad SMARTS) is 1. The molecule has 2 aromatic carbocycles. The molecule has 292 valence electrons. The number of rotatable bonds is 10. The lowest BCUT2D eigenvalue weighted by Gasteiger charge is -2.32. The van der Waals surface area contributed by atoms with Gasteiger partial charge in [-0.25, -0.2) is 19.7 Å². The van der Waals surface area contributed by atoms with Crippen LogP contribution in [0.2, 0.25) is 0 Å². The van der Waals surface area contributed by atoms with Gasteiger partial charge in [-0.05, 0) is 99.4 Å². The number of nitrogens with one attached hydrogen (secondary N) is 2. The van der Waals surface area contributed by atoms with Gasteiger partial charge in [-0.15, -0.1) is 10.2 Å². The highest BCUT2D eigenvalue weighted by Gasteiger charge is 2.35. The number of carbonyl (C=O) groups excluding carboxylic acids is 3. The van der Waals surface area contributed by atoms with Gasteiger partial charge in [0.1, 0.15) is 5.60 Å². The first-order valence-corrected chi connectivity index (χ1v) is 18.2. The predicted molar refractivity (Wildman–Crippen MR) is 203 cm³/mol. The van der Waals surface area contributed by atoms with Crippen molar-refractivity contribution in [3.05, 3.63) is 66.5 Å². The molecule has 6 rings (SSSR count). The quantitative estimate of drug-likeness (QED) is 0.169. The summed E-state index contributed by atoms with van der Waals surface area (Å²) < 4.78 is 10.8. The van der Waals surface area contributed by atoms with Crippen molar-refractivity contribution < 1.29 is 33.8 Å². The van der Waals surface area contributed by atoms with E-state index < -0.39 is 23.6 Å². The summed E-state index contributed by atoms with van der Waals surface area (Å²) in [6.45, 7) is 8.52. The minimum absolute atomic E-state index is 0.203. The van der Waals surface area contributed by atoms with Crippen molar-refractivity contribution in [2.75, 3.05) is 42.6 Å². The molecule has 1 aliphatic heterocycles. The molecular formula is C38H48N10O7. The molecule has 0 unspecified atom stereocenters. The van der Waals surface area contributed by atoms with E-state index in [1.165, 1.54) is 4.90 Å². The van der Waals surface area contributed by atoms with Crippen molar-refractivity contribution in [2.45, 2.75) is 64.5 Å². The molecule has 0 bridgehead atoms. The molecule has 17 heteroatoms. The largest absolute Gasteiger partial charge is 0.483 e. The van der Waals surface area contributed by atoms with Gasteiger partial charge in [0.2, 0.25) is 17.7 Å². The van der Waals surface area contributed by atoms with Crippen LogP contribution in [0.5, 0.6) is 0 Å². The molecule has 5 N–H and O–H groups in total. The van der Waals surface area contributed by atoms with Crippen LogP contribution in [0.1, 0.15) is 52.0 Å². The van der Waals surface area contributed by atoms with E-state index >= 15 is 0 Å². The Labute approximate surface area is 319 Å². The number of tetrazole rings is 1. The Kier molecular flexibility index (Phi) is 13.9. The number of ether oxygens (including phenoxy) is 2. The van der Waals surface area contributed by atoms with Crippen LogP contribution in [0, 0.1) is 11.8 Å². The Bertz CT molecular complexity index is 1840. The molecule has 1 atom stereocenters. The second-order valence-corrected chi connectivity index (χ2v) is 14.4. The number of nitrogens with zero attached hydrogens (tertiary/aromatic N) is 7. The van der Waals surface area contributed by atoms with Gasteiger partial charge in [-0.3, -0.25) is 14.4 Å². The Hall–Kier alpha value is -5.81. The minimum atomic E-state index is -0.975. The summed E-state index contributed by atoms with van der Waals surface area (Å²) in [5.41, 5.74) is 9.76. The molecule has 1 saturated heterocycles. The summed E-state index contributed by atoms with van der Waals surface area (Å²) in [7, 11) is 0. The highest BCUT2D eigenvalue weighted by atomic mass is 16.6. The zero-order valence-corrected chi connectivity index (χ0v) is 31.3. The number of alkyl carbamates (subject to hydrolysis) is 1. The van der Waals surface area contributed by atoms with Gasteiger partial charge in [0.25, 0.3) is 12.4 Å². The summed E-state index contributed by atoms with van der Waals surface area (Å²) in [6.07, 6.45) is 6.01. The number of amides is 3. The van der Waals surface area contributed by atoms with Crippen LogP contribution in [0.4, 0.5) is 16.4 Å². The fourth-order valence-electron chi connectivity index (χ4n) is 6.48. The SMILES string of the molecule is CC(C)(C)OC(=O)NCC1CCC(C(=O)N(C(=O)[C@@H](N)Cc2ccc(-c3cnc(N4CCOCC4)nc3)cc2)c2ccc(-c3nn[nH]n3)cc2)CC1.O=CO. The number of H-pyrrole nitrogens is 1. The van der Waals surface area contributed by atoms with Gasteiger partial charge in [0.05, 0.1) is 24.9 Å². The molecule has 0 radical (unpaired) electrons. The number of morpholine rings is 1. The number of carbonyl (C=O) groups is 4.